The number of halogens is 3. The van der Waals surface area contributed by atoms with Crippen molar-refractivity contribution >= 4 is 11.6 Å². The second-order valence-electron chi connectivity index (χ2n) is 5.59. The number of carbonyl (C=O) groups excluding carboxylic acids is 1. The predicted octanol–water partition coefficient (Wildman–Crippen LogP) is 2.96. The minimum atomic E-state index is -5.04. The van der Waals surface area contributed by atoms with Crippen LogP contribution in [0.1, 0.15) is 36.5 Å². The van der Waals surface area contributed by atoms with Crippen molar-refractivity contribution in [3.05, 3.63) is 23.8 Å². The van der Waals surface area contributed by atoms with Gasteiger partial charge in [0, 0.05) is 17.7 Å². The monoisotopic (exact) mass is 360 g/mol. The van der Waals surface area contributed by atoms with Crippen LogP contribution in [0.2, 0.25) is 0 Å². The number of alkyl halides is 3. The summed E-state index contributed by atoms with van der Waals surface area (Å²) < 4.78 is 50.2. The summed E-state index contributed by atoms with van der Waals surface area (Å²) in [5.41, 5.74) is -3.35. The van der Waals surface area contributed by atoms with Crippen LogP contribution >= 0.6 is 0 Å². The molecule has 0 radical (unpaired) electrons. The van der Waals surface area contributed by atoms with Gasteiger partial charge in [-0.3, -0.25) is 4.79 Å². The van der Waals surface area contributed by atoms with Crippen molar-refractivity contribution < 1.29 is 32.5 Å². The molecule has 0 fully saturated rings. The average molecular weight is 360 g/mol. The average Bonchev–Trinajstić information content (AvgIpc) is 2.91. The number of aliphatic hydroxyl groups is 1. The first kappa shape index (κ1) is 19.0. The van der Waals surface area contributed by atoms with Gasteiger partial charge in [-0.05, 0) is 24.6 Å². The lowest BCUT2D eigenvalue weighted by atomic mass is 10.0. The van der Waals surface area contributed by atoms with E-state index in [4.69, 9.17) is 9.47 Å². The molecule has 1 aromatic carbocycles. The van der Waals surface area contributed by atoms with Gasteiger partial charge in [0.05, 0.1) is 14.2 Å². The molecule has 138 valence electrons. The number of methoxy groups -OCH3 is 2. The van der Waals surface area contributed by atoms with Crippen molar-refractivity contribution in [1.82, 2.24) is 5.01 Å². The summed E-state index contributed by atoms with van der Waals surface area (Å²) in [5, 5.41) is 14.0. The van der Waals surface area contributed by atoms with E-state index in [0.29, 0.717) is 12.2 Å². The van der Waals surface area contributed by atoms with Crippen molar-refractivity contribution in [2.45, 2.75) is 38.1 Å². The van der Waals surface area contributed by atoms with Gasteiger partial charge >= 0.3 is 6.18 Å². The molecule has 1 N–H and O–H groups in total. The lowest BCUT2D eigenvalue weighted by Gasteiger charge is -2.32. The van der Waals surface area contributed by atoms with Gasteiger partial charge in [0.25, 0.3) is 11.6 Å². The maximum atomic E-state index is 13.4. The van der Waals surface area contributed by atoms with Crippen LogP contribution in [0.25, 0.3) is 0 Å². The van der Waals surface area contributed by atoms with E-state index < -0.39 is 24.2 Å². The van der Waals surface area contributed by atoms with Crippen molar-refractivity contribution in [1.29, 1.82) is 0 Å². The summed E-state index contributed by atoms with van der Waals surface area (Å²) in [7, 11) is 2.73. The summed E-state index contributed by atoms with van der Waals surface area (Å²) in [4.78, 5) is 12.6. The molecule has 1 heterocycles. The predicted molar refractivity (Wildman–Crippen MR) is 83.7 cm³/mol. The molecule has 0 aromatic heterocycles. The molecule has 25 heavy (non-hydrogen) atoms. The molecule has 1 aromatic rings. The number of rotatable bonds is 5. The van der Waals surface area contributed by atoms with Gasteiger partial charge in [0.15, 0.2) is 11.5 Å². The van der Waals surface area contributed by atoms with Gasteiger partial charge in [-0.15, -0.1) is 0 Å². The minimum Gasteiger partial charge on any atom is -0.493 e. The zero-order valence-corrected chi connectivity index (χ0v) is 14.1. The lowest BCUT2D eigenvalue weighted by molar-refractivity contribution is -0.297. The van der Waals surface area contributed by atoms with Crippen LogP contribution in [0.3, 0.4) is 0 Å². The topological polar surface area (TPSA) is 71.4 Å². The third-order valence-corrected chi connectivity index (χ3v) is 3.86. The standard InChI is InChI=1S/C16H19F3N2O4/c1-4-5-11-9-15(23,16(17,18)19)21(20-11)14(22)10-6-7-12(24-2)13(8-10)25-3/h6-8,23H,4-5,9H2,1-3H3. The molecular weight excluding hydrogens is 341 g/mol. The molecule has 0 saturated carbocycles. The highest BCUT2D eigenvalue weighted by atomic mass is 19.4. The Morgan fingerprint density at radius 1 is 1.32 bits per heavy atom. The number of benzene rings is 1. The van der Waals surface area contributed by atoms with E-state index in [1.165, 1.54) is 32.4 Å². The maximum absolute atomic E-state index is 13.4. The Balaban J connectivity index is 2.44. The van der Waals surface area contributed by atoms with E-state index in [1.54, 1.807) is 6.92 Å². The van der Waals surface area contributed by atoms with Gasteiger partial charge in [0.1, 0.15) is 0 Å². The molecule has 6 nitrogen and oxygen atoms in total. The molecule has 1 atom stereocenters. The van der Waals surface area contributed by atoms with Crippen LogP contribution in [0.15, 0.2) is 23.3 Å². The molecule has 9 heteroatoms. The molecule has 1 amide bonds. The van der Waals surface area contributed by atoms with Gasteiger partial charge in [-0.1, -0.05) is 13.3 Å². The highest BCUT2D eigenvalue weighted by molar-refractivity contribution is 5.98. The minimum absolute atomic E-state index is 0.109. The Hall–Kier alpha value is -2.29. The van der Waals surface area contributed by atoms with Crippen LogP contribution in [-0.4, -0.2) is 47.9 Å². The summed E-state index contributed by atoms with van der Waals surface area (Å²) in [6.45, 7) is 1.77. The van der Waals surface area contributed by atoms with Crippen LogP contribution in [0.4, 0.5) is 13.2 Å². The number of nitrogens with zero attached hydrogens (tertiary/aromatic N) is 2. The SMILES string of the molecule is CCCC1=NN(C(=O)c2ccc(OC)c(OC)c2)C(O)(C(F)(F)F)C1. The number of hydrogen-bond donors (Lipinski definition) is 1. The molecule has 0 spiro atoms. The summed E-state index contributed by atoms with van der Waals surface area (Å²) in [5.74, 6) is -0.575. The first-order valence-corrected chi connectivity index (χ1v) is 7.60. The van der Waals surface area contributed by atoms with Crippen molar-refractivity contribution in [3.8, 4) is 11.5 Å². The fourth-order valence-electron chi connectivity index (χ4n) is 2.57. The number of hydrogen-bond acceptors (Lipinski definition) is 5. The molecule has 0 saturated heterocycles. The van der Waals surface area contributed by atoms with Crippen molar-refractivity contribution in [3.63, 3.8) is 0 Å². The quantitative estimate of drug-likeness (QED) is 0.876. The maximum Gasteiger partial charge on any atom is 0.438 e. The van der Waals surface area contributed by atoms with E-state index >= 15 is 0 Å². The normalized spacial score (nSPS) is 20.4. The van der Waals surface area contributed by atoms with E-state index in [2.05, 4.69) is 5.10 Å². The van der Waals surface area contributed by atoms with Gasteiger partial charge < -0.3 is 14.6 Å². The fourth-order valence-corrected chi connectivity index (χ4v) is 2.57. The first-order chi connectivity index (χ1) is 11.7. The van der Waals surface area contributed by atoms with E-state index in [0.717, 1.165) is 0 Å². The Labute approximate surface area is 142 Å². The van der Waals surface area contributed by atoms with E-state index in [9.17, 15) is 23.1 Å². The molecule has 0 aliphatic carbocycles. The molecular formula is C16H19F3N2O4. The van der Waals surface area contributed by atoms with Crippen LogP contribution in [-0.2, 0) is 0 Å². The Morgan fingerprint density at radius 3 is 2.48 bits per heavy atom. The molecule has 1 unspecified atom stereocenters. The van der Waals surface area contributed by atoms with Crippen LogP contribution < -0.4 is 9.47 Å². The zero-order valence-electron chi connectivity index (χ0n) is 14.1. The lowest BCUT2D eigenvalue weighted by Crippen LogP contribution is -2.56. The third-order valence-electron chi connectivity index (χ3n) is 3.86. The van der Waals surface area contributed by atoms with Crippen LogP contribution in [0, 0.1) is 0 Å². The number of hydrazone groups is 1. The van der Waals surface area contributed by atoms with Crippen molar-refractivity contribution in [2.24, 2.45) is 5.10 Å². The van der Waals surface area contributed by atoms with Gasteiger partial charge in [-0.2, -0.15) is 23.3 Å². The second-order valence-corrected chi connectivity index (χ2v) is 5.59. The Kier molecular flexibility index (Phi) is 5.26. The smallest absolute Gasteiger partial charge is 0.438 e. The number of carbonyl (C=O) groups is 1. The van der Waals surface area contributed by atoms with E-state index in [1.807, 2.05) is 0 Å². The summed E-state index contributed by atoms with van der Waals surface area (Å²) in [6, 6.07) is 3.92. The molecule has 2 rings (SSSR count). The largest absolute Gasteiger partial charge is 0.493 e. The van der Waals surface area contributed by atoms with Gasteiger partial charge in [-0.25, -0.2) is 0 Å². The highest BCUT2D eigenvalue weighted by Gasteiger charge is 2.63. The molecule has 1 aliphatic heterocycles. The molecule has 1 aliphatic rings. The first-order valence-electron chi connectivity index (χ1n) is 7.60. The second kappa shape index (κ2) is 6.91. The van der Waals surface area contributed by atoms with Crippen molar-refractivity contribution in [2.75, 3.05) is 14.2 Å². The van der Waals surface area contributed by atoms with Gasteiger partial charge in [0.2, 0.25) is 0 Å². The summed E-state index contributed by atoms with van der Waals surface area (Å²) in [6.07, 6.45) is -5.00. The number of amides is 1. The fraction of sp³-hybridized carbons (Fsp3) is 0.500. The number of ether oxygens (including phenoxy) is 2. The summed E-state index contributed by atoms with van der Waals surface area (Å²) >= 11 is 0. The highest BCUT2D eigenvalue weighted by Crippen LogP contribution is 2.42. The Morgan fingerprint density at radius 2 is 1.96 bits per heavy atom. The van der Waals surface area contributed by atoms with Crippen LogP contribution in [0.5, 0.6) is 11.5 Å². The molecule has 0 bridgehead atoms. The van der Waals surface area contributed by atoms with E-state index in [-0.39, 0.29) is 28.5 Å². The third kappa shape index (κ3) is 3.41. The Bertz CT molecular complexity index is 690. The zero-order chi connectivity index (χ0) is 18.8.